The Morgan fingerprint density at radius 2 is 1.91 bits per heavy atom. The third kappa shape index (κ3) is 4.31. The summed E-state index contributed by atoms with van der Waals surface area (Å²) in [4.78, 5) is 13.3. The van der Waals surface area contributed by atoms with E-state index < -0.39 is 5.97 Å². The molecule has 0 heterocycles. The zero-order valence-electron chi connectivity index (χ0n) is 13.1. The van der Waals surface area contributed by atoms with Crippen molar-refractivity contribution in [2.24, 2.45) is 0 Å². The summed E-state index contributed by atoms with van der Waals surface area (Å²) in [5, 5.41) is 9.22. The summed E-state index contributed by atoms with van der Waals surface area (Å²) < 4.78 is 0. The van der Waals surface area contributed by atoms with Crippen molar-refractivity contribution in [2.45, 2.75) is 38.1 Å². The van der Waals surface area contributed by atoms with Gasteiger partial charge in [0.15, 0.2) is 0 Å². The number of nitrogens with zero attached hydrogens (tertiary/aromatic N) is 1. The van der Waals surface area contributed by atoms with Gasteiger partial charge in [-0.2, -0.15) is 0 Å². The number of rotatable bonds is 9. The first-order chi connectivity index (χ1) is 10.6. The zero-order valence-corrected chi connectivity index (χ0v) is 13.1. The Morgan fingerprint density at radius 1 is 1.23 bits per heavy atom. The minimum atomic E-state index is -0.760. The summed E-state index contributed by atoms with van der Waals surface area (Å²) in [5.41, 5.74) is 4.11. The Labute approximate surface area is 133 Å². The Balaban J connectivity index is 2.15. The second-order valence-electron chi connectivity index (χ2n) is 5.94. The number of aliphatic carboxylic acids is 1. The lowest BCUT2D eigenvalue weighted by Gasteiger charge is -2.29. The third-order valence-electron chi connectivity index (χ3n) is 4.29. The van der Waals surface area contributed by atoms with E-state index in [2.05, 4.69) is 36.3 Å². The number of carboxylic acid groups (broad SMARTS) is 1. The van der Waals surface area contributed by atoms with Gasteiger partial charge in [0.25, 0.3) is 0 Å². The summed E-state index contributed by atoms with van der Waals surface area (Å²) in [6, 6.07) is 6.59. The van der Waals surface area contributed by atoms with E-state index >= 15 is 0 Å². The number of carbonyl (C=O) groups is 1. The summed E-state index contributed by atoms with van der Waals surface area (Å²) in [6.07, 6.45) is 8.08. The quantitative estimate of drug-likeness (QED) is 0.712. The number of fused-ring (bicyclic) bond motifs is 1. The number of hydrogen-bond acceptors (Lipinski definition) is 2. The molecular weight excluding hydrogens is 274 g/mol. The summed E-state index contributed by atoms with van der Waals surface area (Å²) >= 11 is 0. The van der Waals surface area contributed by atoms with Crippen molar-refractivity contribution in [2.75, 3.05) is 13.1 Å². The second kappa shape index (κ2) is 7.95. The molecule has 3 nitrogen and oxygen atoms in total. The van der Waals surface area contributed by atoms with E-state index in [1.165, 1.54) is 29.5 Å². The van der Waals surface area contributed by atoms with Crippen molar-refractivity contribution < 1.29 is 9.90 Å². The molecule has 0 radical (unpaired) electrons. The fourth-order valence-corrected chi connectivity index (χ4v) is 3.26. The van der Waals surface area contributed by atoms with E-state index in [1.807, 2.05) is 12.2 Å². The van der Waals surface area contributed by atoms with Crippen LogP contribution in [0.2, 0.25) is 0 Å². The van der Waals surface area contributed by atoms with Crippen LogP contribution in [0.5, 0.6) is 0 Å². The minimum Gasteiger partial charge on any atom is -0.481 e. The molecule has 1 unspecified atom stereocenters. The van der Waals surface area contributed by atoms with Crippen LogP contribution in [0.3, 0.4) is 0 Å². The van der Waals surface area contributed by atoms with Crippen molar-refractivity contribution in [1.29, 1.82) is 0 Å². The molecule has 1 aliphatic rings. The molecule has 0 aromatic heterocycles. The largest absolute Gasteiger partial charge is 0.481 e. The van der Waals surface area contributed by atoms with Crippen LogP contribution in [-0.4, -0.2) is 35.1 Å². The van der Waals surface area contributed by atoms with Gasteiger partial charge in [-0.05, 0) is 42.4 Å². The molecule has 1 aromatic rings. The van der Waals surface area contributed by atoms with Gasteiger partial charge in [0.1, 0.15) is 0 Å². The monoisotopic (exact) mass is 299 g/mol. The molecule has 0 bridgehead atoms. The molecule has 1 aromatic carbocycles. The summed E-state index contributed by atoms with van der Waals surface area (Å²) in [6.45, 7) is 8.90. The van der Waals surface area contributed by atoms with Gasteiger partial charge in [-0.25, -0.2) is 0 Å². The highest BCUT2D eigenvalue weighted by molar-refractivity contribution is 5.67. The van der Waals surface area contributed by atoms with Crippen LogP contribution in [0.25, 0.3) is 0 Å². The van der Waals surface area contributed by atoms with Gasteiger partial charge in [0.05, 0.1) is 6.42 Å². The van der Waals surface area contributed by atoms with Gasteiger partial charge in [-0.15, -0.1) is 13.2 Å². The van der Waals surface area contributed by atoms with Crippen molar-refractivity contribution >= 4 is 5.97 Å². The van der Waals surface area contributed by atoms with Gasteiger partial charge in [0.2, 0.25) is 0 Å². The molecule has 0 aliphatic heterocycles. The molecule has 0 saturated carbocycles. The predicted octanol–water partition coefficient (Wildman–Crippen LogP) is 3.24. The van der Waals surface area contributed by atoms with E-state index in [0.717, 1.165) is 12.8 Å². The molecule has 0 saturated heterocycles. The Kier molecular flexibility index (Phi) is 5.96. The molecule has 2 rings (SSSR count). The maximum absolute atomic E-state index is 11.2. The van der Waals surface area contributed by atoms with Gasteiger partial charge in [0, 0.05) is 19.1 Å². The summed E-state index contributed by atoms with van der Waals surface area (Å²) in [5.74, 6) is -0.760. The van der Waals surface area contributed by atoms with E-state index in [4.69, 9.17) is 0 Å². The highest BCUT2D eigenvalue weighted by Crippen LogP contribution is 2.24. The number of carboxylic acids is 1. The first-order valence-electron chi connectivity index (χ1n) is 7.92. The van der Waals surface area contributed by atoms with Crippen molar-refractivity contribution in [3.05, 3.63) is 60.2 Å². The highest BCUT2D eigenvalue weighted by atomic mass is 16.4. The van der Waals surface area contributed by atoms with Crippen LogP contribution < -0.4 is 0 Å². The molecule has 1 atom stereocenters. The lowest BCUT2D eigenvalue weighted by molar-refractivity contribution is -0.138. The van der Waals surface area contributed by atoms with Gasteiger partial charge in [-0.3, -0.25) is 9.69 Å². The SMILES string of the molecule is C=CCN(CC=C)C(CC(=O)O)Cc1ccc2c(c1)CCC2. The minimum absolute atomic E-state index is 0.0343. The smallest absolute Gasteiger partial charge is 0.304 e. The highest BCUT2D eigenvalue weighted by Gasteiger charge is 2.21. The normalized spacial score (nSPS) is 14.6. The number of hydrogen-bond donors (Lipinski definition) is 1. The van der Waals surface area contributed by atoms with Gasteiger partial charge in [-0.1, -0.05) is 30.4 Å². The first kappa shape index (κ1) is 16.5. The maximum Gasteiger partial charge on any atom is 0.304 e. The van der Waals surface area contributed by atoms with Crippen molar-refractivity contribution in [3.8, 4) is 0 Å². The van der Waals surface area contributed by atoms with Crippen LogP contribution in [0.15, 0.2) is 43.5 Å². The predicted molar refractivity (Wildman–Crippen MR) is 90.2 cm³/mol. The molecular formula is C19H25NO2. The standard InChI is InChI=1S/C19H25NO2/c1-3-10-20(11-4-2)18(14-19(21)22)13-15-8-9-16-6-5-7-17(16)12-15/h3-4,8-9,12,18H,1-2,5-7,10-11,13-14H2,(H,21,22). The van der Waals surface area contributed by atoms with E-state index in [9.17, 15) is 9.90 Å². The van der Waals surface area contributed by atoms with Crippen LogP contribution >= 0.6 is 0 Å². The lowest BCUT2D eigenvalue weighted by Crippen LogP contribution is -2.38. The van der Waals surface area contributed by atoms with E-state index in [-0.39, 0.29) is 12.5 Å². The lowest BCUT2D eigenvalue weighted by atomic mass is 9.98. The zero-order chi connectivity index (χ0) is 15.9. The average Bonchev–Trinajstić information content (AvgIpc) is 2.93. The van der Waals surface area contributed by atoms with Gasteiger partial charge >= 0.3 is 5.97 Å². The molecule has 1 N–H and O–H groups in total. The summed E-state index contributed by atoms with van der Waals surface area (Å²) in [7, 11) is 0. The number of benzene rings is 1. The Morgan fingerprint density at radius 3 is 2.55 bits per heavy atom. The van der Waals surface area contributed by atoms with Crippen molar-refractivity contribution in [3.63, 3.8) is 0 Å². The molecule has 118 valence electrons. The molecule has 0 spiro atoms. The molecule has 3 heteroatoms. The molecule has 0 amide bonds. The van der Waals surface area contributed by atoms with Crippen LogP contribution in [-0.2, 0) is 24.1 Å². The maximum atomic E-state index is 11.2. The fraction of sp³-hybridized carbons (Fsp3) is 0.421. The topological polar surface area (TPSA) is 40.5 Å². The Hall–Kier alpha value is -1.87. The van der Waals surface area contributed by atoms with E-state index in [1.54, 1.807) is 0 Å². The molecule has 1 aliphatic carbocycles. The first-order valence-corrected chi connectivity index (χ1v) is 7.92. The third-order valence-corrected chi connectivity index (χ3v) is 4.29. The van der Waals surface area contributed by atoms with Crippen LogP contribution in [0.4, 0.5) is 0 Å². The Bertz CT molecular complexity index is 540. The van der Waals surface area contributed by atoms with Crippen LogP contribution in [0, 0.1) is 0 Å². The fourth-order valence-electron chi connectivity index (χ4n) is 3.26. The van der Waals surface area contributed by atoms with E-state index in [0.29, 0.717) is 13.1 Å². The van der Waals surface area contributed by atoms with Crippen LogP contribution in [0.1, 0.15) is 29.5 Å². The average molecular weight is 299 g/mol. The van der Waals surface area contributed by atoms with Gasteiger partial charge < -0.3 is 5.11 Å². The molecule has 22 heavy (non-hydrogen) atoms. The van der Waals surface area contributed by atoms with Crippen molar-refractivity contribution in [1.82, 2.24) is 4.90 Å². The number of aryl methyl sites for hydroxylation is 2. The second-order valence-corrected chi connectivity index (χ2v) is 5.94. The molecule has 0 fully saturated rings.